The molecule has 78 valence electrons. The molecule has 0 saturated heterocycles. The Morgan fingerprint density at radius 2 is 1.77 bits per heavy atom. The van der Waals surface area contributed by atoms with Gasteiger partial charge in [-0.2, -0.15) is 0 Å². The van der Waals surface area contributed by atoms with Gasteiger partial charge in [-0.1, -0.05) is 40.5 Å². The van der Waals surface area contributed by atoms with E-state index < -0.39 is 17.0 Å². The van der Waals surface area contributed by atoms with Crippen LogP contribution in [0.15, 0.2) is 0 Å². The first-order valence-corrected chi connectivity index (χ1v) is 4.71. The van der Waals surface area contributed by atoms with Crippen molar-refractivity contribution in [3.05, 3.63) is 0 Å². The molecule has 0 heterocycles. The number of hydrogen-bond donors (Lipinski definition) is 2. The van der Waals surface area contributed by atoms with Crippen molar-refractivity contribution in [3.63, 3.8) is 0 Å². The van der Waals surface area contributed by atoms with Crippen molar-refractivity contribution in [2.24, 2.45) is 5.41 Å². The maximum Gasteiger partial charge on any atom is 0.336 e. The molecule has 0 bridgehead atoms. The zero-order valence-electron chi connectivity index (χ0n) is 8.92. The van der Waals surface area contributed by atoms with E-state index in [0.717, 1.165) is 12.8 Å². The van der Waals surface area contributed by atoms with Crippen LogP contribution in [0.3, 0.4) is 0 Å². The zero-order chi connectivity index (χ0) is 10.7. The summed E-state index contributed by atoms with van der Waals surface area (Å²) in [6.07, 6.45) is 1.95. The lowest BCUT2D eigenvalue weighted by molar-refractivity contribution is -0.172. The van der Waals surface area contributed by atoms with Crippen molar-refractivity contribution < 1.29 is 15.0 Å². The standard InChI is InChI=1S/C10H20O3/c1-5-6-7-10(13,8(11)12)9(2,3)4/h13H,5-7H2,1-4H3,(H,11,12). The summed E-state index contributed by atoms with van der Waals surface area (Å²) in [5.41, 5.74) is -2.21. The molecular formula is C10H20O3. The molecule has 3 nitrogen and oxygen atoms in total. The molecule has 3 heteroatoms. The number of carboxylic acid groups (broad SMARTS) is 1. The van der Waals surface area contributed by atoms with Gasteiger partial charge >= 0.3 is 5.97 Å². The first-order chi connectivity index (χ1) is 5.75. The van der Waals surface area contributed by atoms with Crippen molar-refractivity contribution in [2.45, 2.75) is 52.6 Å². The predicted octanol–water partition coefficient (Wildman–Crippen LogP) is 2.04. The molecular weight excluding hydrogens is 168 g/mol. The fourth-order valence-electron chi connectivity index (χ4n) is 1.24. The maximum atomic E-state index is 10.9. The molecule has 13 heavy (non-hydrogen) atoms. The molecule has 0 fully saturated rings. The molecule has 0 aromatic heterocycles. The van der Waals surface area contributed by atoms with Gasteiger partial charge in [0.2, 0.25) is 0 Å². The Balaban J connectivity index is 4.64. The number of aliphatic carboxylic acids is 1. The fourth-order valence-corrected chi connectivity index (χ4v) is 1.24. The van der Waals surface area contributed by atoms with E-state index >= 15 is 0 Å². The lowest BCUT2D eigenvalue weighted by Crippen LogP contribution is -2.49. The number of aliphatic hydroxyl groups is 1. The van der Waals surface area contributed by atoms with Crippen molar-refractivity contribution >= 4 is 5.97 Å². The Morgan fingerprint density at radius 1 is 1.31 bits per heavy atom. The molecule has 0 aliphatic rings. The van der Waals surface area contributed by atoms with Gasteiger partial charge in [-0.05, 0) is 6.42 Å². The number of hydrogen-bond acceptors (Lipinski definition) is 2. The topological polar surface area (TPSA) is 57.5 Å². The van der Waals surface area contributed by atoms with Crippen LogP contribution in [0.2, 0.25) is 0 Å². The largest absolute Gasteiger partial charge is 0.479 e. The van der Waals surface area contributed by atoms with Gasteiger partial charge in [0, 0.05) is 5.41 Å². The Bertz CT molecular complexity index is 181. The summed E-state index contributed by atoms with van der Waals surface area (Å²) in [6, 6.07) is 0. The van der Waals surface area contributed by atoms with Crippen LogP contribution in [-0.2, 0) is 4.79 Å². The average Bonchev–Trinajstić information content (AvgIpc) is 1.97. The molecule has 1 unspecified atom stereocenters. The molecule has 0 saturated carbocycles. The minimum atomic E-state index is -1.59. The van der Waals surface area contributed by atoms with Crippen LogP contribution in [0.1, 0.15) is 47.0 Å². The third-order valence-electron chi connectivity index (χ3n) is 2.49. The van der Waals surface area contributed by atoms with E-state index in [9.17, 15) is 9.90 Å². The third kappa shape index (κ3) is 2.69. The van der Waals surface area contributed by atoms with Gasteiger partial charge in [-0.15, -0.1) is 0 Å². The van der Waals surface area contributed by atoms with E-state index in [1.807, 2.05) is 6.92 Å². The van der Waals surface area contributed by atoms with E-state index in [1.165, 1.54) is 0 Å². The lowest BCUT2D eigenvalue weighted by Gasteiger charge is -2.36. The number of unbranched alkanes of at least 4 members (excludes halogenated alkanes) is 1. The molecule has 0 spiro atoms. The van der Waals surface area contributed by atoms with Gasteiger partial charge < -0.3 is 10.2 Å². The molecule has 0 rings (SSSR count). The van der Waals surface area contributed by atoms with Crippen molar-refractivity contribution in [1.82, 2.24) is 0 Å². The van der Waals surface area contributed by atoms with Gasteiger partial charge in [0.25, 0.3) is 0 Å². The summed E-state index contributed by atoms with van der Waals surface area (Å²) in [7, 11) is 0. The van der Waals surface area contributed by atoms with Crippen molar-refractivity contribution in [1.29, 1.82) is 0 Å². The van der Waals surface area contributed by atoms with E-state index in [1.54, 1.807) is 20.8 Å². The molecule has 1 atom stereocenters. The van der Waals surface area contributed by atoms with Crippen LogP contribution >= 0.6 is 0 Å². The van der Waals surface area contributed by atoms with Crippen LogP contribution in [0.25, 0.3) is 0 Å². The highest BCUT2D eigenvalue weighted by molar-refractivity contribution is 5.78. The summed E-state index contributed by atoms with van der Waals surface area (Å²) in [5, 5.41) is 18.9. The summed E-state index contributed by atoms with van der Waals surface area (Å²) in [6.45, 7) is 7.22. The number of rotatable bonds is 4. The van der Waals surface area contributed by atoms with Gasteiger partial charge in [0.1, 0.15) is 0 Å². The molecule has 0 aromatic rings. The molecule has 2 N–H and O–H groups in total. The summed E-state index contributed by atoms with van der Waals surface area (Å²) in [4.78, 5) is 10.9. The second kappa shape index (κ2) is 4.09. The van der Waals surface area contributed by atoms with Crippen LogP contribution in [0.4, 0.5) is 0 Å². The predicted molar refractivity (Wildman–Crippen MR) is 51.6 cm³/mol. The van der Waals surface area contributed by atoms with Crippen molar-refractivity contribution in [2.75, 3.05) is 0 Å². The molecule has 0 aromatic carbocycles. The number of carbonyl (C=O) groups is 1. The number of carboxylic acids is 1. The summed E-state index contributed by atoms with van der Waals surface area (Å²) >= 11 is 0. The Kier molecular flexibility index (Phi) is 3.91. The molecule has 0 radical (unpaired) electrons. The first kappa shape index (κ1) is 12.4. The Morgan fingerprint density at radius 3 is 2.00 bits per heavy atom. The summed E-state index contributed by atoms with van der Waals surface area (Å²) in [5.74, 6) is -1.12. The van der Waals surface area contributed by atoms with E-state index in [0.29, 0.717) is 6.42 Å². The Hall–Kier alpha value is -0.570. The average molecular weight is 188 g/mol. The highest BCUT2D eigenvalue weighted by Gasteiger charge is 2.46. The Labute approximate surface area is 79.8 Å². The molecule has 0 aliphatic carbocycles. The minimum absolute atomic E-state index is 0.322. The SMILES string of the molecule is CCCCC(O)(C(=O)O)C(C)(C)C. The molecule has 0 amide bonds. The van der Waals surface area contributed by atoms with Crippen LogP contribution in [-0.4, -0.2) is 21.8 Å². The van der Waals surface area contributed by atoms with Gasteiger partial charge in [0.05, 0.1) is 0 Å². The maximum absolute atomic E-state index is 10.9. The third-order valence-corrected chi connectivity index (χ3v) is 2.49. The van der Waals surface area contributed by atoms with Crippen LogP contribution in [0.5, 0.6) is 0 Å². The fraction of sp³-hybridized carbons (Fsp3) is 0.900. The van der Waals surface area contributed by atoms with E-state index in [2.05, 4.69) is 0 Å². The smallest absolute Gasteiger partial charge is 0.336 e. The second-order valence-corrected chi connectivity index (χ2v) is 4.52. The highest BCUT2D eigenvalue weighted by Crippen LogP contribution is 2.34. The van der Waals surface area contributed by atoms with Crippen LogP contribution in [0, 0.1) is 5.41 Å². The second-order valence-electron chi connectivity index (χ2n) is 4.52. The normalized spacial score (nSPS) is 16.7. The zero-order valence-corrected chi connectivity index (χ0v) is 8.92. The first-order valence-electron chi connectivity index (χ1n) is 4.71. The highest BCUT2D eigenvalue weighted by atomic mass is 16.4. The van der Waals surface area contributed by atoms with Gasteiger partial charge in [0.15, 0.2) is 5.60 Å². The quantitative estimate of drug-likeness (QED) is 0.709. The molecule has 0 aliphatic heterocycles. The van der Waals surface area contributed by atoms with E-state index in [4.69, 9.17) is 5.11 Å². The minimum Gasteiger partial charge on any atom is -0.479 e. The van der Waals surface area contributed by atoms with Gasteiger partial charge in [-0.25, -0.2) is 4.79 Å². The van der Waals surface area contributed by atoms with Gasteiger partial charge in [-0.3, -0.25) is 0 Å². The summed E-state index contributed by atoms with van der Waals surface area (Å²) < 4.78 is 0. The van der Waals surface area contributed by atoms with E-state index in [-0.39, 0.29) is 0 Å². The lowest BCUT2D eigenvalue weighted by atomic mass is 9.73. The van der Waals surface area contributed by atoms with Crippen molar-refractivity contribution in [3.8, 4) is 0 Å². The monoisotopic (exact) mass is 188 g/mol. The van der Waals surface area contributed by atoms with Crippen LogP contribution < -0.4 is 0 Å².